The molecule has 0 saturated carbocycles. The van der Waals surface area contributed by atoms with E-state index in [1.165, 1.54) is 0 Å². The van der Waals surface area contributed by atoms with Crippen LogP contribution in [0.15, 0.2) is 24.4 Å². The first-order valence-corrected chi connectivity index (χ1v) is 4.34. The van der Waals surface area contributed by atoms with Crippen molar-refractivity contribution in [2.75, 3.05) is 5.73 Å². The summed E-state index contributed by atoms with van der Waals surface area (Å²) in [6.07, 6.45) is -2.87. The van der Waals surface area contributed by atoms with Crippen LogP contribution in [-0.4, -0.2) is 49.6 Å². The van der Waals surface area contributed by atoms with Gasteiger partial charge in [-0.1, -0.05) is 6.07 Å². The van der Waals surface area contributed by atoms with Crippen molar-refractivity contribution in [2.24, 2.45) is 0 Å². The second-order valence-electron chi connectivity index (χ2n) is 2.82. The molecule has 0 amide bonds. The quantitative estimate of drug-likeness (QED) is 0.432. The second kappa shape index (κ2) is 7.14. The van der Waals surface area contributed by atoms with Crippen molar-refractivity contribution >= 4 is 17.8 Å². The highest BCUT2D eigenvalue weighted by Crippen LogP contribution is 1.92. The zero-order valence-corrected chi connectivity index (χ0v) is 8.59. The SMILES string of the molecule is Nc1ccccn1.O=C(O)C(O)C(O)C(=O)O. The third-order valence-corrected chi connectivity index (χ3v) is 1.49. The van der Waals surface area contributed by atoms with Gasteiger partial charge >= 0.3 is 11.9 Å². The molecule has 1 aromatic rings. The van der Waals surface area contributed by atoms with Gasteiger partial charge in [-0.3, -0.25) is 0 Å². The van der Waals surface area contributed by atoms with E-state index in [9.17, 15) is 9.59 Å². The van der Waals surface area contributed by atoms with Gasteiger partial charge in [0.1, 0.15) is 5.82 Å². The first-order chi connectivity index (χ1) is 7.86. The van der Waals surface area contributed by atoms with Crippen LogP contribution in [0.4, 0.5) is 5.82 Å². The number of aliphatic carboxylic acids is 2. The van der Waals surface area contributed by atoms with Crippen LogP contribution >= 0.6 is 0 Å². The number of pyridine rings is 1. The normalized spacial score (nSPS) is 12.8. The summed E-state index contributed by atoms with van der Waals surface area (Å²) in [4.78, 5) is 23.3. The van der Waals surface area contributed by atoms with Gasteiger partial charge in [-0.05, 0) is 12.1 Å². The third-order valence-electron chi connectivity index (χ3n) is 1.49. The number of aromatic nitrogens is 1. The summed E-state index contributed by atoms with van der Waals surface area (Å²) >= 11 is 0. The van der Waals surface area contributed by atoms with Crippen molar-refractivity contribution in [3.63, 3.8) is 0 Å². The molecule has 2 unspecified atom stereocenters. The number of carboxylic acids is 2. The summed E-state index contributed by atoms with van der Waals surface area (Å²) in [7, 11) is 0. The van der Waals surface area contributed by atoms with Gasteiger partial charge in [-0.25, -0.2) is 14.6 Å². The van der Waals surface area contributed by atoms with Crippen LogP contribution in [0.5, 0.6) is 0 Å². The van der Waals surface area contributed by atoms with E-state index < -0.39 is 24.1 Å². The monoisotopic (exact) mass is 244 g/mol. The molecule has 8 nitrogen and oxygen atoms in total. The Labute approximate surface area is 96.0 Å². The molecule has 0 radical (unpaired) electrons. The number of nitrogen functional groups attached to an aromatic ring is 1. The van der Waals surface area contributed by atoms with E-state index in [0.29, 0.717) is 5.82 Å². The van der Waals surface area contributed by atoms with E-state index in [1.807, 2.05) is 12.1 Å². The van der Waals surface area contributed by atoms with E-state index in [2.05, 4.69) is 4.98 Å². The van der Waals surface area contributed by atoms with Gasteiger partial charge in [0.2, 0.25) is 0 Å². The predicted octanol–water partition coefficient (Wildman–Crippen LogP) is -1.46. The van der Waals surface area contributed by atoms with E-state index in [1.54, 1.807) is 12.3 Å². The van der Waals surface area contributed by atoms with Gasteiger partial charge in [0.15, 0.2) is 12.2 Å². The van der Waals surface area contributed by atoms with Crippen LogP contribution in [0.2, 0.25) is 0 Å². The lowest BCUT2D eigenvalue weighted by atomic mass is 10.2. The van der Waals surface area contributed by atoms with Crippen molar-refractivity contribution in [3.05, 3.63) is 24.4 Å². The summed E-state index contributed by atoms with van der Waals surface area (Å²) in [6, 6.07) is 5.43. The average Bonchev–Trinajstić information content (AvgIpc) is 2.28. The number of anilines is 1. The number of hydrogen-bond acceptors (Lipinski definition) is 6. The number of carbonyl (C=O) groups is 2. The molecule has 94 valence electrons. The van der Waals surface area contributed by atoms with Crippen molar-refractivity contribution in [1.29, 1.82) is 0 Å². The molecular formula is C9H12N2O6. The Morgan fingerprint density at radius 2 is 1.59 bits per heavy atom. The number of hydrogen-bond donors (Lipinski definition) is 5. The number of aliphatic hydroxyl groups is 2. The van der Waals surface area contributed by atoms with Crippen molar-refractivity contribution in [3.8, 4) is 0 Å². The summed E-state index contributed by atoms with van der Waals surface area (Å²) in [6.45, 7) is 0. The molecule has 0 aliphatic carbocycles. The van der Waals surface area contributed by atoms with Gasteiger partial charge in [0.25, 0.3) is 0 Å². The molecule has 2 atom stereocenters. The Morgan fingerprint density at radius 3 is 1.76 bits per heavy atom. The number of nitrogens with zero attached hydrogens (tertiary/aromatic N) is 1. The highest BCUT2D eigenvalue weighted by atomic mass is 16.4. The van der Waals surface area contributed by atoms with E-state index in [0.717, 1.165) is 0 Å². The Balaban J connectivity index is 0.000000318. The maximum atomic E-state index is 9.77. The number of rotatable bonds is 3. The second-order valence-corrected chi connectivity index (χ2v) is 2.82. The highest BCUT2D eigenvalue weighted by molar-refractivity contribution is 5.83. The smallest absolute Gasteiger partial charge is 0.335 e. The number of aliphatic hydroxyl groups excluding tert-OH is 2. The molecule has 0 bridgehead atoms. The van der Waals surface area contributed by atoms with E-state index in [-0.39, 0.29) is 0 Å². The van der Waals surface area contributed by atoms with Gasteiger partial charge in [-0.15, -0.1) is 0 Å². The van der Waals surface area contributed by atoms with Crippen molar-refractivity contribution in [2.45, 2.75) is 12.2 Å². The lowest BCUT2D eigenvalue weighted by molar-refractivity contribution is -0.165. The van der Waals surface area contributed by atoms with Crippen LogP contribution in [0.3, 0.4) is 0 Å². The maximum absolute atomic E-state index is 9.77. The minimum absolute atomic E-state index is 0.572. The summed E-state index contributed by atoms with van der Waals surface area (Å²) in [5.41, 5.74) is 5.25. The Bertz CT molecular complexity index is 351. The molecule has 1 aromatic heterocycles. The molecule has 0 spiro atoms. The highest BCUT2D eigenvalue weighted by Gasteiger charge is 2.29. The molecule has 1 rings (SSSR count). The van der Waals surface area contributed by atoms with E-state index in [4.69, 9.17) is 26.2 Å². The maximum Gasteiger partial charge on any atom is 0.335 e. The first-order valence-electron chi connectivity index (χ1n) is 4.34. The first kappa shape index (κ1) is 14.8. The van der Waals surface area contributed by atoms with Crippen LogP contribution in [0, 0.1) is 0 Å². The summed E-state index contributed by atoms with van der Waals surface area (Å²) < 4.78 is 0. The number of carboxylic acid groups (broad SMARTS) is 2. The molecule has 0 aromatic carbocycles. The standard InChI is InChI=1S/C5H6N2.C4H6O6/c6-5-3-1-2-4-7-5;5-1(3(7)8)2(6)4(9)10/h1-4H,(H2,6,7);1-2,5-6H,(H,7,8)(H,9,10). The minimum Gasteiger partial charge on any atom is -0.479 e. The van der Waals surface area contributed by atoms with Gasteiger partial charge in [-0.2, -0.15) is 0 Å². The molecule has 0 aliphatic rings. The predicted molar refractivity (Wildman–Crippen MR) is 55.9 cm³/mol. The topological polar surface area (TPSA) is 154 Å². The largest absolute Gasteiger partial charge is 0.479 e. The average molecular weight is 244 g/mol. The van der Waals surface area contributed by atoms with Crippen LogP contribution < -0.4 is 5.73 Å². The summed E-state index contributed by atoms with van der Waals surface area (Å²) in [5, 5.41) is 32.5. The lowest BCUT2D eigenvalue weighted by Crippen LogP contribution is -2.39. The number of nitrogens with two attached hydrogens (primary N) is 1. The molecule has 1 heterocycles. The summed E-state index contributed by atoms with van der Waals surface area (Å²) in [5.74, 6) is -2.97. The fourth-order valence-corrected chi connectivity index (χ4v) is 0.646. The van der Waals surface area contributed by atoms with Gasteiger partial charge in [0.05, 0.1) is 0 Å². The van der Waals surface area contributed by atoms with E-state index >= 15 is 0 Å². The Kier molecular flexibility index (Phi) is 6.22. The molecule has 8 heteroatoms. The molecule has 6 N–H and O–H groups in total. The lowest BCUT2D eigenvalue weighted by Gasteiger charge is -2.07. The fourth-order valence-electron chi connectivity index (χ4n) is 0.646. The van der Waals surface area contributed by atoms with Crippen LogP contribution in [-0.2, 0) is 9.59 Å². The molecular weight excluding hydrogens is 232 g/mol. The fraction of sp³-hybridized carbons (Fsp3) is 0.222. The van der Waals surface area contributed by atoms with Gasteiger partial charge in [0, 0.05) is 6.20 Å². The zero-order valence-electron chi connectivity index (χ0n) is 8.59. The molecule has 0 aliphatic heterocycles. The molecule has 17 heavy (non-hydrogen) atoms. The van der Waals surface area contributed by atoms with Crippen LogP contribution in [0.25, 0.3) is 0 Å². The Hall–Kier alpha value is -2.19. The van der Waals surface area contributed by atoms with Crippen molar-refractivity contribution in [1.82, 2.24) is 4.98 Å². The molecule has 0 fully saturated rings. The third kappa shape index (κ3) is 6.07. The minimum atomic E-state index is -2.27. The van der Waals surface area contributed by atoms with Crippen LogP contribution in [0.1, 0.15) is 0 Å². The van der Waals surface area contributed by atoms with Gasteiger partial charge < -0.3 is 26.2 Å². The van der Waals surface area contributed by atoms with Crippen molar-refractivity contribution < 1.29 is 30.0 Å². The molecule has 0 saturated heterocycles. The Morgan fingerprint density at radius 1 is 1.12 bits per heavy atom. The zero-order chi connectivity index (χ0) is 13.4.